The van der Waals surface area contributed by atoms with Gasteiger partial charge in [-0.05, 0) is 55.6 Å². The molecule has 0 saturated carbocycles. The van der Waals surface area contributed by atoms with Crippen molar-refractivity contribution >= 4 is 16.9 Å². The summed E-state index contributed by atoms with van der Waals surface area (Å²) >= 11 is 0. The molecule has 4 rings (SSSR count). The minimum atomic E-state index is -0.569. The molecule has 0 aliphatic carbocycles. The first kappa shape index (κ1) is 17.7. The van der Waals surface area contributed by atoms with Crippen LogP contribution >= 0.6 is 0 Å². The first-order valence-corrected chi connectivity index (χ1v) is 9.18. The fourth-order valence-electron chi connectivity index (χ4n) is 3.76. The summed E-state index contributed by atoms with van der Waals surface area (Å²) in [6.07, 6.45) is 2.33. The maximum Gasteiger partial charge on any atom is 0.421 e. The largest absolute Gasteiger partial charge is 0.421 e. The van der Waals surface area contributed by atoms with Crippen LogP contribution in [-0.4, -0.2) is 28.3 Å². The Morgan fingerprint density at radius 3 is 2.85 bits per heavy atom. The minimum absolute atomic E-state index is 0.000865. The van der Waals surface area contributed by atoms with Crippen molar-refractivity contribution in [1.29, 1.82) is 0 Å². The zero-order chi connectivity index (χ0) is 19.0. The highest BCUT2D eigenvalue weighted by atomic mass is 19.1. The van der Waals surface area contributed by atoms with E-state index in [0.29, 0.717) is 29.2 Å². The molecule has 2 aromatic carbocycles. The van der Waals surface area contributed by atoms with Crippen LogP contribution in [-0.2, 0) is 6.67 Å². The summed E-state index contributed by atoms with van der Waals surface area (Å²) in [6.45, 7) is 4.58. The van der Waals surface area contributed by atoms with Crippen LogP contribution in [0.3, 0.4) is 0 Å². The molecule has 0 bridgehead atoms. The van der Waals surface area contributed by atoms with E-state index in [1.807, 2.05) is 0 Å². The van der Waals surface area contributed by atoms with Gasteiger partial charge in [0.15, 0.2) is 11.4 Å². The fraction of sp³-hybridized carbons (Fsp3) is 0.333. The first-order valence-electron chi connectivity index (χ1n) is 9.18. The number of oxazole rings is 1. The van der Waals surface area contributed by atoms with E-state index in [1.54, 1.807) is 22.8 Å². The van der Waals surface area contributed by atoms with Crippen LogP contribution in [0.4, 0.5) is 4.39 Å². The molecule has 1 aliphatic heterocycles. The summed E-state index contributed by atoms with van der Waals surface area (Å²) < 4.78 is 20.8. The zero-order valence-corrected chi connectivity index (χ0v) is 15.2. The first-order chi connectivity index (χ1) is 13.0. The molecule has 1 atom stereocenters. The SMILES string of the molecule is CC1CCCN(Cn2c(=O)oc3cc(C(=O)c4ccccc4F)ccc32)C1. The van der Waals surface area contributed by atoms with Crippen LogP contribution in [0.2, 0.25) is 0 Å². The number of carbonyl (C=O) groups excluding carboxylic acids is 1. The normalized spacial score (nSPS) is 18.1. The van der Waals surface area contributed by atoms with Gasteiger partial charge >= 0.3 is 5.76 Å². The summed E-state index contributed by atoms with van der Waals surface area (Å²) in [4.78, 5) is 27.1. The van der Waals surface area contributed by atoms with Crippen molar-refractivity contribution in [2.24, 2.45) is 5.92 Å². The van der Waals surface area contributed by atoms with Crippen molar-refractivity contribution in [3.63, 3.8) is 0 Å². The number of halogens is 1. The van der Waals surface area contributed by atoms with Crippen molar-refractivity contribution in [2.75, 3.05) is 13.1 Å². The van der Waals surface area contributed by atoms with E-state index >= 15 is 0 Å². The molecule has 0 spiro atoms. The lowest BCUT2D eigenvalue weighted by atomic mass is 10.0. The van der Waals surface area contributed by atoms with Gasteiger partial charge in [0.25, 0.3) is 0 Å². The molecule has 27 heavy (non-hydrogen) atoms. The number of hydrogen-bond donors (Lipinski definition) is 0. The Morgan fingerprint density at radius 1 is 1.26 bits per heavy atom. The van der Waals surface area contributed by atoms with Crippen LogP contribution in [0, 0.1) is 11.7 Å². The molecule has 2 heterocycles. The second kappa shape index (κ2) is 7.12. The number of carbonyl (C=O) groups is 1. The minimum Gasteiger partial charge on any atom is -0.408 e. The van der Waals surface area contributed by atoms with Gasteiger partial charge in [0.1, 0.15) is 5.82 Å². The molecule has 0 N–H and O–H groups in total. The molecule has 1 unspecified atom stereocenters. The molecular weight excluding hydrogens is 347 g/mol. The molecule has 0 amide bonds. The second-order valence-electron chi connectivity index (χ2n) is 7.25. The Bertz CT molecular complexity index is 1050. The third kappa shape index (κ3) is 3.45. The summed E-state index contributed by atoms with van der Waals surface area (Å²) in [5, 5.41) is 0. The number of piperidine rings is 1. The van der Waals surface area contributed by atoms with Crippen molar-refractivity contribution in [3.05, 3.63) is 70.0 Å². The quantitative estimate of drug-likeness (QED) is 0.660. The van der Waals surface area contributed by atoms with E-state index in [0.717, 1.165) is 19.5 Å². The Kier molecular flexibility index (Phi) is 4.66. The third-order valence-electron chi connectivity index (χ3n) is 5.13. The summed E-state index contributed by atoms with van der Waals surface area (Å²) in [5.41, 5.74) is 1.27. The molecule has 140 valence electrons. The van der Waals surface area contributed by atoms with E-state index in [-0.39, 0.29) is 5.56 Å². The average molecular weight is 368 g/mol. The number of hydrogen-bond acceptors (Lipinski definition) is 4. The molecule has 1 saturated heterocycles. The zero-order valence-electron chi connectivity index (χ0n) is 15.2. The smallest absolute Gasteiger partial charge is 0.408 e. The number of ketones is 1. The lowest BCUT2D eigenvalue weighted by molar-refractivity contribution is 0.103. The molecular formula is C21H21FN2O3. The average Bonchev–Trinajstić information content (AvgIpc) is 2.96. The van der Waals surface area contributed by atoms with Gasteiger partial charge in [0, 0.05) is 12.1 Å². The third-order valence-corrected chi connectivity index (χ3v) is 5.13. The number of nitrogens with zero attached hydrogens (tertiary/aromatic N) is 2. The fourth-order valence-corrected chi connectivity index (χ4v) is 3.76. The van der Waals surface area contributed by atoms with Crippen molar-refractivity contribution < 1.29 is 13.6 Å². The number of aromatic nitrogens is 1. The number of benzene rings is 2. The van der Waals surface area contributed by atoms with Crippen molar-refractivity contribution in [2.45, 2.75) is 26.4 Å². The number of likely N-dealkylation sites (tertiary alicyclic amines) is 1. The van der Waals surface area contributed by atoms with Crippen LogP contribution in [0.1, 0.15) is 35.7 Å². The molecule has 3 aromatic rings. The van der Waals surface area contributed by atoms with E-state index in [4.69, 9.17) is 4.42 Å². The second-order valence-corrected chi connectivity index (χ2v) is 7.25. The van der Waals surface area contributed by atoms with E-state index in [1.165, 1.54) is 30.7 Å². The van der Waals surface area contributed by atoms with Crippen molar-refractivity contribution in [3.8, 4) is 0 Å². The summed E-state index contributed by atoms with van der Waals surface area (Å²) in [7, 11) is 0. The van der Waals surface area contributed by atoms with E-state index in [9.17, 15) is 14.0 Å². The Balaban J connectivity index is 1.65. The predicted molar refractivity (Wildman–Crippen MR) is 100 cm³/mol. The van der Waals surface area contributed by atoms with Gasteiger partial charge in [-0.1, -0.05) is 19.1 Å². The van der Waals surface area contributed by atoms with Gasteiger partial charge in [0.2, 0.25) is 0 Å². The highest BCUT2D eigenvalue weighted by molar-refractivity contribution is 6.10. The van der Waals surface area contributed by atoms with Gasteiger partial charge in [-0.3, -0.25) is 14.3 Å². The number of rotatable bonds is 4. The van der Waals surface area contributed by atoms with Crippen molar-refractivity contribution in [1.82, 2.24) is 9.47 Å². The highest BCUT2D eigenvalue weighted by Crippen LogP contribution is 2.21. The topological polar surface area (TPSA) is 55.5 Å². The Hall–Kier alpha value is -2.73. The monoisotopic (exact) mass is 368 g/mol. The molecule has 6 heteroatoms. The van der Waals surface area contributed by atoms with Crippen LogP contribution < -0.4 is 5.76 Å². The molecule has 0 radical (unpaired) electrons. The van der Waals surface area contributed by atoms with E-state index < -0.39 is 17.4 Å². The van der Waals surface area contributed by atoms with Gasteiger partial charge in [0.05, 0.1) is 17.7 Å². The van der Waals surface area contributed by atoms with Crippen LogP contribution in [0.5, 0.6) is 0 Å². The number of fused-ring (bicyclic) bond motifs is 1. The summed E-state index contributed by atoms with van der Waals surface area (Å²) in [6, 6.07) is 10.7. The lowest BCUT2D eigenvalue weighted by Gasteiger charge is -2.30. The van der Waals surface area contributed by atoms with Gasteiger partial charge < -0.3 is 4.42 Å². The molecule has 5 nitrogen and oxygen atoms in total. The Morgan fingerprint density at radius 2 is 2.07 bits per heavy atom. The molecule has 1 aliphatic rings. The Labute approximate surface area is 156 Å². The maximum atomic E-state index is 13.9. The molecule has 1 fully saturated rings. The summed E-state index contributed by atoms with van der Waals surface area (Å²) in [5.74, 6) is -0.840. The van der Waals surface area contributed by atoms with Crippen LogP contribution in [0.15, 0.2) is 51.7 Å². The highest BCUT2D eigenvalue weighted by Gasteiger charge is 2.20. The van der Waals surface area contributed by atoms with E-state index in [2.05, 4.69) is 11.8 Å². The standard InChI is InChI=1S/C21H21FN2O3/c1-14-5-4-10-23(12-14)13-24-18-9-8-15(11-19(18)27-21(24)26)20(25)16-6-2-3-7-17(16)22/h2-3,6-9,11,14H,4-5,10,12-13H2,1H3. The maximum absolute atomic E-state index is 13.9. The van der Waals surface area contributed by atoms with Gasteiger partial charge in [-0.15, -0.1) is 0 Å². The molecule has 1 aromatic heterocycles. The van der Waals surface area contributed by atoms with Crippen LogP contribution in [0.25, 0.3) is 11.1 Å². The predicted octanol–water partition coefficient (Wildman–Crippen LogP) is 3.65. The van der Waals surface area contributed by atoms with Gasteiger partial charge in [-0.25, -0.2) is 9.18 Å². The van der Waals surface area contributed by atoms with Gasteiger partial charge in [-0.2, -0.15) is 0 Å². The lowest BCUT2D eigenvalue weighted by Crippen LogP contribution is -2.37.